The molecule has 0 aliphatic heterocycles. The number of hydrogen-bond acceptors (Lipinski definition) is 2. The maximum Gasteiger partial charge on any atom is 0.0490 e. The number of hydrogen-bond donors (Lipinski definition) is 1. The van der Waals surface area contributed by atoms with Crippen LogP contribution in [0, 0.1) is 11.3 Å². The van der Waals surface area contributed by atoms with Crippen LogP contribution in [0.25, 0.3) is 0 Å². The molecule has 2 rings (SSSR count). The molecular weight excluding hydrogens is 320 g/mol. The average molecular weight is 345 g/mol. The van der Waals surface area contributed by atoms with Crippen LogP contribution in [0.5, 0.6) is 0 Å². The molecule has 1 N–H and O–H groups in total. The lowest BCUT2D eigenvalue weighted by Crippen LogP contribution is -2.33. The van der Waals surface area contributed by atoms with Crippen molar-refractivity contribution in [1.29, 1.82) is 0 Å². The lowest BCUT2D eigenvalue weighted by Gasteiger charge is -2.39. The average Bonchev–Trinajstić information content (AvgIpc) is 2.83. The van der Waals surface area contributed by atoms with E-state index in [4.69, 9.17) is 0 Å². The van der Waals surface area contributed by atoms with E-state index >= 15 is 0 Å². The van der Waals surface area contributed by atoms with Gasteiger partial charge in [0.2, 0.25) is 0 Å². The van der Waals surface area contributed by atoms with Gasteiger partial charge >= 0.3 is 0 Å². The van der Waals surface area contributed by atoms with Gasteiger partial charge in [-0.25, -0.2) is 0 Å². The SMILES string of the molecule is CCCCC1CCC(CO)(Cc2sccc2Br)CC1. The van der Waals surface area contributed by atoms with E-state index in [9.17, 15) is 5.11 Å². The molecule has 1 heterocycles. The van der Waals surface area contributed by atoms with Crippen LogP contribution < -0.4 is 0 Å². The van der Waals surface area contributed by atoms with Crippen molar-refractivity contribution in [3.63, 3.8) is 0 Å². The molecule has 3 heteroatoms. The number of aliphatic hydroxyl groups excluding tert-OH is 1. The van der Waals surface area contributed by atoms with E-state index in [1.165, 1.54) is 54.3 Å². The largest absolute Gasteiger partial charge is 0.396 e. The Bertz CT molecular complexity index is 380. The van der Waals surface area contributed by atoms with Crippen molar-refractivity contribution in [1.82, 2.24) is 0 Å². The molecule has 1 aromatic rings. The maximum atomic E-state index is 9.88. The van der Waals surface area contributed by atoms with Gasteiger partial charge in [0, 0.05) is 16.0 Å². The fourth-order valence-electron chi connectivity index (χ4n) is 3.25. The molecule has 0 spiro atoms. The van der Waals surface area contributed by atoms with Crippen LogP contribution in [0.1, 0.15) is 56.7 Å². The van der Waals surface area contributed by atoms with Gasteiger partial charge in [-0.1, -0.05) is 26.2 Å². The molecule has 108 valence electrons. The van der Waals surface area contributed by atoms with Crippen molar-refractivity contribution < 1.29 is 5.11 Å². The van der Waals surface area contributed by atoms with Crippen molar-refractivity contribution in [3.05, 3.63) is 20.8 Å². The minimum Gasteiger partial charge on any atom is -0.396 e. The third kappa shape index (κ3) is 4.05. The number of thiophene rings is 1. The number of aliphatic hydroxyl groups is 1. The van der Waals surface area contributed by atoms with E-state index in [-0.39, 0.29) is 5.41 Å². The van der Waals surface area contributed by atoms with Gasteiger partial charge in [0.25, 0.3) is 0 Å². The molecule has 1 aliphatic carbocycles. The van der Waals surface area contributed by atoms with Gasteiger partial charge in [-0.3, -0.25) is 0 Å². The zero-order valence-electron chi connectivity index (χ0n) is 11.8. The molecule has 0 atom stereocenters. The molecule has 0 saturated heterocycles. The zero-order chi connectivity index (χ0) is 13.7. The highest BCUT2D eigenvalue weighted by Gasteiger charge is 2.35. The van der Waals surface area contributed by atoms with Crippen LogP contribution in [0.3, 0.4) is 0 Å². The molecular formula is C16H25BrOS. The lowest BCUT2D eigenvalue weighted by atomic mass is 9.68. The van der Waals surface area contributed by atoms with Gasteiger partial charge in [-0.2, -0.15) is 0 Å². The molecule has 1 saturated carbocycles. The van der Waals surface area contributed by atoms with Crippen LogP contribution in [0.2, 0.25) is 0 Å². The summed E-state index contributed by atoms with van der Waals surface area (Å²) in [6.45, 7) is 2.62. The molecule has 1 nitrogen and oxygen atoms in total. The van der Waals surface area contributed by atoms with Gasteiger partial charge in [0.05, 0.1) is 0 Å². The second-order valence-corrected chi connectivity index (χ2v) is 7.97. The molecule has 1 aliphatic rings. The van der Waals surface area contributed by atoms with Crippen molar-refractivity contribution in [2.24, 2.45) is 11.3 Å². The third-order valence-electron chi connectivity index (χ3n) is 4.69. The molecule has 0 amide bonds. The van der Waals surface area contributed by atoms with Crippen molar-refractivity contribution in [2.45, 2.75) is 58.3 Å². The fourth-order valence-corrected chi connectivity index (χ4v) is 4.92. The first kappa shape index (κ1) is 15.5. The molecule has 0 unspecified atom stereocenters. The normalized spacial score (nSPS) is 27.6. The fraction of sp³-hybridized carbons (Fsp3) is 0.750. The number of rotatable bonds is 6. The monoisotopic (exact) mass is 344 g/mol. The van der Waals surface area contributed by atoms with Gasteiger partial charge in [0.15, 0.2) is 0 Å². The number of unbranched alkanes of at least 4 members (excludes halogenated alkanes) is 1. The predicted molar refractivity (Wildman–Crippen MR) is 86.7 cm³/mol. The van der Waals surface area contributed by atoms with Crippen molar-refractivity contribution in [2.75, 3.05) is 6.61 Å². The first-order valence-corrected chi connectivity index (χ1v) is 9.19. The maximum absolute atomic E-state index is 9.88. The third-order valence-corrected chi connectivity index (χ3v) is 6.62. The molecule has 0 bridgehead atoms. The summed E-state index contributed by atoms with van der Waals surface area (Å²) in [5.41, 5.74) is 0.149. The smallest absolute Gasteiger partial charge is 0.0490 e. The number of halogens is 1. The second kappa shape index (κ2) is 7.24. The zero-order valence-corrected chi connectivity index (χ0v) is 14.2. The summed E-state index contributed by atoms with van der Waals surface area (Å²) in [4.78, 5) is 1.40. The Morgan fingerprint density at radius 2 is 2.16 bits per heavy atom. The van der Waals surface area contributed by atoms with Crippen LogP contribution in [0.15, 0.2) is 15.9 Å². The minimum absolute atomic E-state index is 0.149. The Kier molecular flexibility index (Phi) is 5.91. The molecule has 0 radical (unpaired) electrons. The van der Waals surface area contributed by atoms with Crippen molar-refractivity contribution in [3.8, 4) is 0 Å². The van der Waals surface area contributed by atoms with E-state index in [0.717, 1.165) is 12.3 Å². The summed E-state index contributed by atoms with van der Waals surface area (Å²) < 4.78 is 1.22. The van der Waals surface area contributed by atoms with E-state index in [1.54, 1.807) is 0 Å². The second-order valence-electron chi connectivity index (χ2n) is 6.11. The molecule has 1 aromatic heterocycles. The lowest BCUT2D eigenvalue weighted by molar-refractivity contribution is 0.0626. The van der Waals surface area contributed by atoms with Crippen LogP contribution in [0.4, 0.5) is 0 Å². The molecule has 1 fully saturated rings. The summed E-state index contributed by atoms with van der Waals surface area (Å²) in [6.07, 6.45) is 10.1. The quantitative estimate of drug-likeness (QED) is 0.731. The van der Waals surface area contributed by atoms with Gasteiger partial charge < -0.3 is 5.11 Å². The summed E-state index contributed by atoms with van der Waals surface area (Å²) in [5.74, 6) is 0.909. The van der Waals surface area contributed by atoms with E-state index < -0.39 is 0 Å². The van der Waals surface area contributed by atoms with Gasteiger partial charge in [0.1, 0.15) is 0 Å². The molecule has 0 aromatic carbocycles. The Hall–Kier alpha value is 0.140. The van der Waals surface area contributed by atoms with Crippen LogP contribution >= 0.6 is 27.3 Å². The van der Waals surface area contributed by atoms with Crippen LogP contribution in [-0.4, -0.2) is 11.7 Å². The van der Waals surface area contributed by atoms with Gasteiger partial charge in [-0.05, 0) is 70.8 Å². The topological polar surface area (TPSA) is 20.2 Å². The van der Waals surface area contributed by atoms with Crippen LogP contribution in [-0.2, 0) is 6.42 Å². The summed E-state index contributed by atoms with van der Waals surface area (Å²) in [7, 11) is 0. The first-order chi connectivity index (χ1) is 9.19. The van der Waals surface area contributed by atoms with E-state index in [1.807, 2.05) is 11.3 Å². The van der Waals surface area contributed by atoms with E-state index in [0.29, 0.717) is 6.61 Å². The van der Waals surface area contributed by atoms with E-state index in [2.05, 4.69) is 34.3 Å². The Balaban J connectivity index is 1.92. The Labute approximate surface area is 129 Å². The first-order valence-electron chi connectivity index (χ1n) is 7.52. The minimum atomic E-state index is 0.149. The van der Waals surface area contributed by atoms with Crippen molar-refractivity contribution >= 4 is 27.3 Å². The summed E-state index contributed by atoms with van der Waals surface area (Å²) in [5, 5.41) is 12.0. The van der Waals surface area contributed by atoms with Gasteiger partial charge in [-0.15, -0.1) is 11.3 Å². The summed E-state index contributed by atoms with van der Waals surface area (Å²) >= 11 is 5.44. The molecule has 19 heavy (non-hydrogen) atoms. The highest BCUT2D eigenvalue weighted by molar-refractivity contribution is 9.10. The standard InChI is InChI=1S/C16H25BrOS/c1-2-3-4-13-5-8-16(12-18,9-6-13)11-15-14(17)7-10-19-15/h7,10,13,18H,2-6,8-9,11-12H2,1H3. The highest BCUT2D eigenvalue weighted by Crippen LogP contribution is 2.44. The highest BCUT2D eigenvalue weighted by atomic mass is 79.9. The Morgan fingerprint density at radius 3 is 2.68 bits per heavy atom. The summed E-state index contributed by atoms with van der Waals surface area (Å²) in [6, 6.07) is 2.12. The Morgan fingerprint density at radius 1 is 1.42 bits per heavy atom. The predicted octanol–water partition coefficient (Wildman–Crippen LogP) is 5.41.